The van der Waals surface area contributed by atoms with Gasteiger partial charge in [0.15, 0.2) is 0 Å². The molecule has 0 N–H and O–H groups in total. The minimum Gasteiger partial charge on any atom is -0.311 e. The molecular weight excluding hydrogens is 108 g/mol. The zero-order valence-corrected chi connectivity index (χ0v) is 7.36. The lowest BCUT2D eigenvalue weighted by molar-refractivity contribution is 0.479. The van der Waals surface area contributed by atoms with Crippen LogP contribution >= 0.6 is 0 Å². The first-order valence-electron chi connectivity index (χ1n) is 3.92. The second-order valence-electron chi connectivity index (χ2n) is 3.21. The summed E-state index contributed by atoms with van der Waals surface area (Å²) in [5.41, 5.74) is 0. The summed E-state index contributed by atoms with van der Waals surface area (Å²) in [5.74, 6) is 3.21. The third kappa shape index (κ3) is 2.88. The van der Waals surface area contributed by atoms with Crippen molar-refractivity contribution in [3.05, 3.63) is 5.92 Å². The maximum atomic E-state index is 2.30. The quantitative estimate of drug-likeness (QED) is 0.510. The molecular formula is C9H19-. The molecule has 0 nitrogen and oxygen atoms in total. The van der Waals surface area contributed by atoms with Gasteiger partial charge in [-0.25, -0.2) is 0 Å². The Bertz CT molecular complexity index is 64.4. The first-order chi connectivity index (χ1) is 4.09. The van der Waals surface area contributed by atoms with E-state index in [0.717, 1.165) is 11.8 Å². The van der Waals surface area contributed by atoms with Crippen molar-refractivity contribution in [2.24, 2.45) is 11.8 Å². The van der Waals surface area contributed by atoms with E-state index >= 15 is 0 Å². The number of hydrogen-bond acceptors (Lipinski definition) is 0. The summed E-state index contributed by atoms with van der Waals surface area (Å²) in [5, 5.41) is 0. The Morgan fingerprint density at radius 2 is 1.67 bits per heavy atom. The van der Waals surface area contributed by atoms with Crippen LogP contribution in [0.15, 0.2) is 0 Å². The molecule has 0 heterocycles. The summed E-state index contributed by atoms with van der Waals surface area (Å²) in [4.78, 5) is 0. The van der Waals surface area contributed by atoms with E-state index in [4.69, 9.17) is 0 Å². The molecule has 0 saturated heterocycles. The summed E-state index contributed by atoms with van der Waals surface area (Å²) in [6, 6.07) is 0. The third-order valence-corrected chi connectivity index (χ3v) is 2.30. The predicted octanol–water partition coefficient (Wildman–Crippen LogP) is 3.28. The fourth-order valence-corrected chi connectivity index (χ4v) is 0.891. The van der Waals surface area contributed by atoms with E-state index in [2.05, 4.69) is 34.6 Å². The number of hydrogen-bond donors (Lipinski definition) is 0. The normalized spacial score (nSPS) is 15.0. The largest absolute Gasteiger partial charge is 0.311 e. The van der Waals surface area contributed by atoms with Gasteiger partial charge >= 0.3 is 0 Å². The van der Waals surface area contributed by atoms with Crippen LogP contribution in [0.25, 0.3) is 0 Å². The van der Waals surface area contributed by atoms with Crippen molar-refractivity contribution in [1.82, 2.24) is 0 Å². The second kappa shape index (κ2) is 3.92. The molecule has 0 saturated carbocycles. The molecule has 0 rings (SSSR count). The maximum Gasteiger partial charge on any atom is -0.0676 e. The highest BCUT2D eigenvalue weighted by molar-refractivity contribution is 4.91. The molecule has 0 bridgehead atoms. The zero-order chi connectivity index (χ0) is 7.44. The van der Waals surface area contributed by atoms with Gasteiger partial charge in [0.1, 0.15) is 0 Å². The highest BCUT2D eigenvalue weighted by atomic mass is 14.2. The van der Waals surface area contributed by atoms with E-state index in [1.165, 1.54) is 6.42 Å². The van der Waals surface area contributed by atoms with Crippen LogP contribution in [0.5, 0.6) is 0 Å². The average molecular weight is 127 g/mol. The van der Waals surface area contributed by atoms with Gasteiger partial charge in [-0.15, -0.1) is 0 Å². The molecule has 1 atom stereocenters. The van der Waals surface area contributed by atoms with Crippen molar-refractivity contribution in [2.75, 3.05) is 0 Å². The standard InChI is InChI=1S/C9H19/c1-6-8(4)9(5)7(2)3/h7-8H,6H2,1-5H3/q-1. The highest BCUT2D eigenvalue weighted by Crippen LogP contribution is 2.24. The summed E-state index contributed by atoms with van der Waals surface area (Å²) in [6.45, 7) is 11.3. The average Bonchev–Trinajstić information content (AvgIpc) is 1.84. The zero-order valence-electron chi connectivity index (χ0n) is 7.36. The fourth-order valence-electron chi connectivity index (χ4n) is 0.891. The summed E-state index contributed by atoms with van der Waals surface area (Å²) >= 11 is 0. The van der Waals surface area contributed by atoms with Crippen LogP contribution in [-0.2, 0) is 0 Å². The van der Waals surface area contributed by atoms with Gasteiger partial charge in [0, 0.05) is 0 Å². The van der Waals surface area contributed by atoms with Crippen molar-refractivity contribution in [3.63, 3.8) is 0 Å². The van der Waals surface area contributed by atoms with E-state index in [-0.39, 0.29) is 0 Å². The Hall–Kier alpha value is 0. The number of rotatable bonds is 3. The Morgan fingerprint density at radius 1 is 1.22 bits per heavy atom. The van der Waals surface area contributed by atoms with Gasteiger partial charge in [-0.1, -0.05) is 34.1 Å². The minimum atomic E-state index is 0.764. The smallest absolute Gasteiger partial charge is 0.0676 e. The minimum absolute atomic E-state index is 0.764. The van der Waals surface area contributed by atoms with Gasteiger partial charge in [-0.3, -0.25) is 0 Å². The monoisotopic (exact) mass is 127 g/mol. The molecule has 0 fully saturated rings. The molecule has 0 amide bonds. The Labute approximate surface area is 59.7 Å². The van der Waals surface area contributed by atoms with Crippen LogP contribution in [0.3, 0.4) is 0 Å². The first kappa shape index (κ1) is 9.00. The molecule has 0 aromatic rings. The van der Waals surface area contributed by atoms with Crippen LogP contribution < -0.4 is 0 Å². The van der Waals surface area contributed by atoms with Gasteiger partial charge in [0.2, 0.25) is 0 Å². The molecule has 0 aliphatic rings. The molecule has 0 spiro atoms. The molecule has 0 aromatic heterocycles. The van der Waals surface area contributed by atoms with Crippen LogP contribution in [-0.4, -0.2) is 0 Å². The van der Waals surface area contributed by atoms with E-state index < -0.39 is 0 Å². The van der Waals surface area contributed by atoms with E-state index in [9.17, 15) is 0 Å². The first-order valence-corrected chi connectivity index (χ1v) is 3.92. The topological polar surface area (TPSA) is 0 Å². The van der Waals surface area contributed by atoms with Gasteiger partial charge in [-0.05, 0) is 0 Å². The molecule has 56 valence electrons. The van der Waals surface area contributed by atoms with E-state index in [1.807, 2.05) is 0 Å². The van der Waals surface area contributed by atoms with Crippen molar-refractivity contribution in [1.29, 1.82) is 0 Å². The molecule has 1 unspecified atom stereocenters. The SMILES string of the molecule is CCC(C)[C-](C)C(C)C. The second-order valence-corrected chi connectivity index (χ2v) is 3.21. The highest BCUT2D eigenvalue weighted by Gasteiger charge is 1.98. The Balaban J connectivity index is 3.58. The van der Waals surface area contributed by atoms with E-state index in [1.54, 1.807) is 5.92 Å². The predicted molar refractivity (Wildman–Crippen MR) is 43.2 cm³/mol. The van der Waals surface area contributed by atoms with Crippen molar-refractivity contribution in [3.8, 4) is 0 Å². The lowest BCUT2D eigenvalue weighted by Crippen LogP contribution is -2.10. The van der Waals surface area contributed by atoms with Crippen molar-refractivity contribution >= 4 is 0 Å². The molecule has 0 radical (unpaired) electrons. The lowest BCUT2D eigenvalue weighted by Gasteiger charge is -2.36. The van der Waals surface area contributed by atoms with Gasteiger partial charge < -0.3 is 5.92 Å². The lowest BCUT2D eigenvalue weighted by atomic mass is 9.85. The molecule has 0 aliphatic carbocycles. The van der Waals surface area contributed by atoms with Crippen molar-refractivity contribution < 1.29 is 0 Å². The third-order valence-electron chi connectivity index (χ3n) is 2.30. The molecule has 0 aliphatic heterocycles. The van der Waals surface area contributed by atoms with E-state index in [0.29, 0.717) is 0 Å². The summed E-state index contributed by atoms with van der Waals surface area (Å²) in [6.07, 6.45) is 1.28. The summed E-state index contributed by atoms with van der Waals surface area (Å²) < 4.78 is 0. The van der Waals surface area contributed by atoms with Gasteiger partial charge in [-0.2, -0.15) is 18.8 Å². The molecule has 0 aromatic carbocycles. The van der Waals surface area contributed by atoms with Crippen LogP contribution in [0.2, 0.25) is 0 Å². The van der Waals surface area contributed by atoms with Crippen LogP contribution in [0, 0.1) is 17.8 Å². The van der Waals surface area contributed by atoms with Gasteiger partial charge in [0.05, 0.1) is 0 Å². The Morgan fingerprint density at radius 3 is 1.78 bits per heavy atom. The van der Waals surface area contributed by atoms with Gasteiger partial charge in [0.25, 0.3) is 0 Å². The maximum absolute atomic E-state index is 2.30. The van der Waals surface area contributed by atoms with Crippen molar-refractivity contribution in [2.45, 2.75) is 41.0 Å². The fraction of sp³-hybridized carbons (Fsp3) is 0.889. The molecule has 0 heteroatoms. The van der Waals surface area contributed by atoms with Crippen LogP contribution in [0.4, 0.5) is 0 Å². The van der Waals surface area contributed by atoms with Crippen LogP contribution in [0.1, 0.15) is 41.0 Å². The summed E-state index contributed by atoms with van der Waals surface area (Å²) in [7, 11) is 0. The molecule has 9 heavy (non-hydrogen) atoms. The Kier molecular flexibility index (Phi) is 3.92.